The molecule has 1 unspecified atom stereocenters. The number of piperazine rings is 1. The van der Waals surface area contributed by atoms with Crippen molar-refractivity contribution in [3.05, 3.63) is 47.5 Å². The minimum atomic E-state index is 0.625. The lowest BCUT2D eigenvalue weighted by atomic mass is 10.0. The molecule has 3 rings (SSSR count). The van der Waals surface area contributed by atoms with Crippen LogP contribution >= 0.6 is 0 Å². The number of benzene rings is 2. The summed E-state index contributed by atoms with van der Waals surface area (Å²) in [6, 6.07) is 14.2. The average Bonchev–Trinajstić information content (AvgIpc) is 2.48. The van der Waals surface area contributed by atoms with Crippen molar-refractivity contribution in [2.75, 3.05) is 26.2 Å². The molecule has 106 valence electrons. The third-order valence-corrected chi connectivity index (χ3v) is 4.37. The predicted octanol–water partition coefficient (Wildman–Crippen LogP) is 2.98. The SMILES string of the molecule is Cc1ccc2cc(CC(C)N3CCNCC3)ccc2c1. The number of nitrogens with one attached hydrogen (secondary N) is 1. The van der Waals surface area contributed by atoms with E-state index in [1.807, 2.05) is 0 Å². The van der Waals surface area contributed by atoms with Crippen LogP contribution in [-0.4, -0.2) is 37.1 Å². The summed E-state index contributed by atoms with van der Waals surface area (Å²) in [4.78, 5) is 2.59. The van der Waals surface area contributed by atoms with Crippen molar-refractivity contribution in [1.82, 2.24) is 10.2 Å². The van der Waals surface area contributed by atoms with E-state index in [1.54, 1.807) is 0 Å². The molecular formula is C18H24N2. The maximum absolute atomic E-state index is 3.42. The van der Waals surface area contributed by atoms with Gasteiger partial charge in [-0.15, -0.1) is 0 Å². The smallest absolute Gasteiger partial charge is 0.0110 e. The number of hydrogen-bond acceptors (Lipinski definition) is 2. The van der Waals surface area contributed by atoms with Crippen LogP contribution in [0.4, 0.5) is 0 Å². The second-order valence-corrected chi connectivity index (χ2v) is 6.02. The van der Waals surface area contributed by atoms with E-state index in [1.165, 1.54) is 35.0 Å². The molecule has 2 aromatic carbocycles. The van der Waals surface area contributed by atoms with Crippen LogP contribution in [0.15, 0.2) is 36.4 Å². The molecule has 0 aliphatic carbocycles. The van der Waals surface area contributed by atoms with Gasteiger partial charge in [0.05, 0.1) is 0 Å². The summed E-state index contributed by atoms with van der Waals surface area (Å²) in [6.07, 6.45) is 1.14. The van der Waals surface area contributed by atoms with E-state index in [0.717, 1.165) is 19.5 Å². The Kier molecular flexibility index (Phi) is 4.04. The minimum Gasteiger partial charge on any atom is -0.314 e. The van der Waals surface area contributed by atoms with E-state index < -0.39 is 0 Å². The second kappa shape index (κ2) is 5.94. The van der Waals surface area contributed by atoms with Gasteiger partial charge in [0, 0.05) is 32.2 Å². The highest BCUT2D eigenvalue weighted by Gasteiger charge is 2.16. The average molecular weight is 268 g/mol. The largest absolute Gasteiger partial charge is 0.314 e. The normalized spacial score (nSPS) is 18.3. The van der Waals surface area contributed by atoms with Gasteiger partial charge in [-0.2, -0.15) is 0 Å². The zero-order valence-electron chi connectivity index (χ0n) is 12.5. The van der Waals surface area contributed by atoms with Crippen molar-refractivity contribution in [2.24, 2.45) is 0 Å². The Labute approximate surface area is 121 Å². The Morgan fingerprint density at radius 1 is 1.05 bits per heavy atom. The summed E-state index contributed by atoms with van der Waals surface area (Å²) < 4.78 is 0. The standard InChI is InChI=1S/C18H24N2/c1-14-3-5-18-13-16(4-6-17(18)11-14)12-15(2)20-9-7-19-8-10-20/h3-6,11,13,15,19H,7-10,12H2,1-2H3. The molecule has 1 aliphatic heterocycles. The lowest BCUT2D eigenvalue weighted by Gasteiger charge is -2.32. The molecule has 0 amide bonds. The number of fused-ring (bicyclic) bond motifs is 1. The Bertz CT molecular complexity index is 585. The fourth-order valence-corrected chi connectivity index (χ4v) is 3.13. The highest BCUT2D eigenvalue weighted by Crippen LogP contribution is 2.19. The van der Waals surface area contributed by atoms with Crippen molar-refractivity contribution in [1.29, 1.82) is 0 Å². The first kappa shape index (κ1) is 13.6. The third-order valence-electron chi connectivity index (χ3n) is 4.37. The molecule has 0 radical (unpaired) electrons. The molecule has 1 heterocycles. The van der Waals surface area contributed by atoms with E-state index in [2.05, 4.69) is 60.5 Å². The van der Waals surface area contributed by atoms with Gasteiger partial charge >= 0.3 is 0 Å². The fraction of sp³-hybridized carbons (Fsp3) is 0.444. The molecule has 1 saturated heterocycles. The van der Waals surface area contributed by atoms with Crippen molar-refractivity contribution in [3.63, 3.8) is 0 Å². The van der Waals surface area contributed by atoms with E-state index >= 15 is 0 Å². The summed E-state index contributed by atoms with van der Waals surface area (Å²) in [7, 11) is 0. The minimum absolute atomic E-state index is 0.625. The topological polar surface area (TPSA) is 15.3 Å². The lowest BCUT2D eigenvalue weighted by Crippen LogP contribution is -2.48. The molecular weight excluding hydrogens is 244 g/mol. The molecule has 2 heteroatoms. The molecule has 20 heavy (non-hydrogen) atoms. The third kappa shape index (κ3) is 3.02. The highest BCUT2D eigenvalue weighted by molar-refractivity contribution is 5.83. The maximum atomic E-state index is 3.42. The van der Waals surface area contributed by atoms with Gasteiger partial charge < -0.3 is 5.32 Å². The predicted molar refractivity (Wildman–Crippen MR) is 86.3 cm³/mol. The molecule has 0 spiro atoms. The monoisotopic (exact) mass is 268 g/mol. The summed E-state index contributed by atoms with van der Waals surface area (Å²) in [5.74, 6) is 0. The van der Waals surface area contributed by atoms with Crippen LogP contribution in [0.3, 0.4) is 0 Å². The summed E-state index contributed by atoms with van der Waals surface area (Å²) in [5.41, 5.74) is 2.78. The molecule has 2 aromatic rings. The highest BCUT2D eigenvalue weighted by atomic mass is 15.2. The first-order valence-corrected chi connectivity index (χ1v) is 7.66. The van der Waals surface area contributed by atoms with Crippen LogP contribution in [0.2, 0.25) is 0 Å². The van der Waals surface area contributed by atoms with Crippen LogP contribution < -0.4 is 5.32 Å². The van der Waals surface area contributed by atoms with Crippen LogP contribution in [0.1, 0.15) is 18.1 Å². The van der Waals surface area contributed by atoms with E-state index in [4.69, 9.17) is 0 Å². The summed E-state index contributed by atoms with van der Waals surface area (Å²) in [6.45, 7) is 9.11. The fourth-order valence-electron chi connectivity index (χ4n) is 3.13. The zero-order chi connectivity index (χ0) is 13.9. The Morgan fingerprint density at radius 2 is 1.75 bits per heavy atom. The molecule has 1 N–H and O–H groups in total. The van der Waals surface area contributed by atoms with Gasteiger partial charge in [0.25, 0.3) is 0 Å². The number of aryl methyl sites for hydroxylation is 1. The van der Waals surface area contributed by atoms with Gasteiger partial charge in [0.1, 0.15) is 0 Å². The van der Waals surface area contributed by atoms with Crippen molar-refractivity contribution in [2.45, 2.75) is 26.3 Å². The Hall–Kier alpha value is -1.38. The number of nitrogens with zero attached hydrogens (tertiary/aromatic N) is 1. The van der Waals surface area contributed by atoms with Crippen LogP contribution in [0, 0.1) is 6.92 Å². The van der Waals surface area contributed by atoms with Gasteiger partial charge in [0.2, 0.25) is 0 Å². The van der Waals surface area contributed by atoms with Crippen LogP contribution in [0.5, 0.6) is 0 Å². The van der Waals surface area contributed by atoms with Crippen LogP contribution in [0.25, 0.3) is 10.8 Å². The van der Waals surface area contributed by atoms with E-state index in [-0.39, 0.29) is 0 Å². The summed E-state index contributed by atoms with van der Waals surface area (Å²) >= 11 is 0. The molecule has 1 aliphatic rings. The number of rotatable bonds is 3. The van der Waals surface area contributed by atoms with Gasteiger partial charge in [-0.1, -0.05) is 42.0 Å². The van der Waals surface area contributed by atoms with Crippen LogP contribution in [-0.2, 0) is 6.42 Å². The first-order chi connectivity index (χ1) is 9.72. The van der Waals surface area contributed by atoms with Crippen molar-refractivity contribution >= 4 is 10.8 Å². The lowest BCUT2D eigenvalue weighted by molar-refractivity contribution is 0.183. The Morgan fingerprint density at radius 3 is 2.55 bits per heavy atom. The quantitative estimate of drug-likeness (QED) is 0.920. The second-order valence-electron chi connectivity index (χ2n) is 6.02. The molecule has 0 saturated carbocycles. The molecule has 1 fully saturated rings. The van der Waals surface area contributed by atoms with Crippen molar-refractivity contribution < 1.29 is 0 Å². The first-order valence-electron chi connectivity index (χ1n) is 7.66. The Balaban J connectivity index is 1.75. The van der Waals surface area contributed by atoms with Gasteiger partial charge in [-0.25, -0.2) is 0 Å². The van der Waals surface area contributed by atoms with Gasteiger partial charge in [-0.05, 0) is 36.6 Å². The molecule has 0 bridgehead atoms. The van der Waals surface area contributed by atoms with E-state index in [0.29, 0.717) is 6.04 Å². The maximum Gasteiger partial charge on any atom is 0.0110 e. The van der Waals surface area contributed by atoms with Crippen molar-refractivity contribution in [3.8, 4) is 0 Å². The van der Waals surface area contributed by atoms with Gasteiger partial charge in [0.15, 0.2) is 0 Å². The summed E-state index contributed by atoms with van der Waals surface area (Å²) in [5, 5.41) is 6.13. The number of hydrogen-bond donors (Lipinski definition) is 1. The molecule has 2 nitrogen and oxygen atoms in total. The van der Waals surface area contributed by atoms with Gasteiger partial charge in [-0.3, -0.25) is 4.90 Å². The molecule has 1 atom stereocenters. The zero-order valence-corrected chi connectivity index (χ0v) is 12.5. The molecule has 0 aromatic heterocycles. The van der Waals surface area contributed by atoms with E-state index in [9.17, 15) is 0 Å².